The molecule has 0 spiro atoms. The molecule has 0 radical (unpaired) electrons. The fourth-order valence-corrected chi connectivity index (χ4v) is 4.21. The van der Waals surface area contributed by atoms with Crippen molar-refractivity contribution in [2.75, 3.05) is 37.6 Å². The maximum atomic E-state index is 12.7. The van der Waals surface area contributed by atoms with Crippen LogP contribution in [-0.4, -0.2) is 84.2 Å². The van der Waals surface area contributed by atoms with Crippen molar-refractivity contribution in [2.45, 2.75) is 50.8 Å². The maximum Gasteiger partial charge on any atom is 0.434 e. The molecule has 2 heterocycles. The van der Waals surface area contributed by atoms with Gasteiger partial charge in [-0.15, -0.1) is 0 Å². The second-order valence-corrected chi connectivity index (χ2v) is 8.43. The van der Waals surface area contributed by atoms with E-state index in [4.69, 9.17) is 0 Å². The Balaban J connectivity index is 1.64. The predicted molar refractivity (Wildman–Crippen MR) is 108 cm³/mol. The highest BCUT2D eigenvalue weighted by Crippen LogP contribution is 2.36. The number of aryl methyl sites for hydroxylation is 1. The van der Waals surface area contributed by atoms with Gasteiger partial charge >= 0.3 is 24.4 Å². The average molecular weight is 497 g/mol. The number of aliphatic carboxylic acids is 1. The van der Waals surface area contributed by atoms with Gasteiger partial charge in [-0.1, -0.05) is 12.1 Å². The number of carbonyl (C=O) groups excluding carboxylic acids is 1. The Labute approximate surface area is 191 Å². The molecule has 1 amide bonds. The molecule has 2 aliphatic heterocycles. The summed E-state index contributed by atoms with van der Waals surface area (Å²) in [5, 5.41) is 9.53. The third kappa shape index (κ3) is 6.05. The summed E-state index contributed by atoms with van der Waals surface area (Å²) in [6, 6.07) is 5.02. The molecule has 2 aliphatic rings. The van der Waals surface area contributed by atoms with Crippen molar-refractivity contribution in [3.8, 4) is 0 Å². The normalized spacial score (nSPS) is 20.2. The standard InChI is InChI=1S/C21H25F6N3O4/c1-13-4-5-14(16(11-13)30-6-2-3-15(30)17(31)32)12-28-7-9-29(10-8-28)19(33)34-18(20(22,23)24)21(25,26)27/h4-5,11,15,18H,2-3,6-10,12H2,1H3,(H,31,32). The fourth-order valence-electron chi connectivity index (χ4n) is 4.21. The topological polar surface area (TPSA) is 73.3 Å². The second-order valence-electron chi connectivity index (χ2n) is 8.43. The minimum Gasteiger partial charge on any atom is -0.480 e. The molecule has 2 fully saturated rings. The monoisotopic (exact) mass is 497 g/mol. The minimum absolute atomic E-state index is 0.107. The van der Waals surface area contributed by atoms with Crippen LogP contribution in [0.2, 0.25) is 0 Å². The van der Waals surface area contributed by atoms with Gasteiger partial charge in [-0.2, -0.15) is 26.3 Å². The van der Waals surface area contributed by atoms with Crippen LogP contribution >= 0.6 is 0 Å². The fraction of sp³-hybridized carbons (Fsp3) is 0.619. The van der Waals surface area contributed by atoms with Gasteiger partial charge in [0.25, 0.3) is 6.10 Å². The van der Waals surface area contributed by atoms with E-state index in [2.05, 4.69) is 4.74 Å². The molecular formula is C21H25F6N3O4. The molecule has 1 N–H and O–H groups in total. The van der Waals surface area contributed by atoms with Gasteiger partial charge in [0.05, 0.1) is 0 Å². The van der Waals surface area contributed by atoms with E-state index >= 15 is 0 Å². The number of benzene rings is 1. The Hall–Kier alpha value is -2.70. The molecule has 1 unspecified atom stereocenters. The third-order valence-electron chi connectivity index (χ3n) is 5.93. The lowest BCUT2D eigenvalue weighted by Gasteiger charge is -2.36. The van der Waals surface area contributed by atoms with Crippen LogP contribution in [0, 0.1) is 6.92 Å². The lowest BCUT2D eigenvalue weighted by atomic mass is 10.1. The third-order valence-corrected chi connectivity index (χ3v) is 5.93. The molecule has 0 saturated carbocycles. The summed E-state index contributed by atoms with van der Waals surface area (Å²) in [6.07, 6.45) is -16.1. The number of ether oxygens (including phenoxy) is 1. The first-order valence-corrected chi connectivity index (χ1v) is 10.7. The Bertz CT molecular complexity index is 885. The first-order chi connectivity index (χ1) is 15.8. The number of halogens is 6. The summed E-state index contributed by atoms with van der Waals surface area (Å²) < 4.78 is 79.7. The van der Waals surface area contributed by atoms with Crippen LogP contribution in [-0.2, 0) is 16.1 Å². The Kier molecular flexibility index (Phi) is 7.53. The molecule has 7 nitrogen and oxygen atoms in total. The lowest BCUT2D eigenvalue weighted by Crippen LogP contribution is -2.52. The number of piperazine rings is 1. The van der Waals surface area contributed by atoms with E-state index in [-0.39, 0.29) is 26.2 Å². The van der Waals surface area contributed by atoms with Gasteiger partial charge < -0.3 is 19.6 Å². The van der Waals surface area contributed by atoms with Crippen LogP contribution in [0.5, 0.6) is 0 Å². The number of nitrogens with zero attached hydrogens (tertiary/aromatic N) is 3. The van der Waals surface area contributed by atoms with Gasteiger partial charge in [0.1, 0.15) is 6.04 Å². The van der Waals surface area contributed by atoms with Crippen molar-refractivity contribution in [3.63, 3.8) is 0 Å². The van der Waals surface area contributed by atoms with Gasteiger partial charge in [0.15, 0.2) is 0 Å². The summed E-state index contributed by atoms with van der Waals surface area (Å²) in [4.78, 5) is 28.1. The van der Waals surface area contributed by atoms with Crippen molar-refractivity contribution in [1.29, 1.82) is 0 Å². The van der Waals surface area contributed by atoms with E-state index < -0.39 is 36.6 Å². The highest BCUT2D eigenvalue weighted by Gasteiger charge is 2.60. The van der Waals surface area contributed by atoms with Crippen LogP contribution in [0.1, 0.15) is 24.0 Å². The van der Waals surface area contributed by atoms with E-state index in [0.717, 1.165) is 28.1 Å². The van der Waals surface area contributed by atoms with Gasteiger partial charge in [-0.25, -0.2) is 9.59 Å². The number of hydrogen-bond donors (Lipinski definition) is 1. The molecule has 2 saturated heterocycles. The van der Waals surface area contributed by atoms with E-state index in [1.807, 2.05) is 34.9 Å². The summed E-state index contributed by atoms with van der Waals surface area (Å²) in [6.45, 7) is 3.05. The zero-order chi connectivity index (χ0) is 25.3. The number of amides is 1. The van der Waals surface area contributed by atoms with Crippen molar-refractivity contribution < 1.29 is 45.8 Å². The molecule has 0 aromatic heterocycles. The summed E-state index contributed by atoms with van der Waals surface area (Å²) in [7, 11) is 0. The average Bonchev–Trinajstić information content (AvgIpc) is 3.22. The van der Waals surface area contributed by atoms with Crippen LogP contribution in [0.4, 0.5) is 36.8 Å². The number of alkyl halides is 6. The van der Waals surface area contributed by atoms with Crippen LogP contribution < -0.4 is 4.90 Å². The minimum atomic E-state index is -5.76. The molecule has 3 rings (SSSR count). The largest absolute Gasteiger partial charge is 0.480 e. The van der Waals surface area contributed by atoms with E-state index in [1.165, 1.54) is 0 Å². The smallest absolute Gasteiger partial charge is 0.434 e. The number of carboxylic acids is 1. The molecule has 0 aliphatic carbocycles. The quantitative estimate of drug-likeness (QED) is 0.625. The van der Waals surface area contributed by atoms with Gasteiger partial charge in [0.2, 0.25) is 0 Å². The molecule has 1 aromatic carbocycles. The summed E-state index contributed by atoms with van der Waals surface area (Å²) >= 11 is 0. The van der Waals surface area contributed by atoms with Crippen LogP contribution in [0.25, 0.3) is 0 Å². The second kappa shape index (κ2) is 9.88. The lowest BCUT2D eigenvalue weighted by molar-refractivity contribution is -0.308. The van der Waals surface area contributed by atoms with E-state index in [0.29, 0.717) is 19.5 Å². The Morgan fingerprint density at radius 2 is 1.68 bits per heavy atom. The number of anilines is 1. The van der Waals surface area contributed by atoms with Crippen LogP contribution in [0.3, 0.4) is 0 Å². The van der Waals surface area contributed by atoms with Crippen molar-refractivity contribution in [2.24, 2.45) is 0 Å². The van der Waals surface area contributed by atoms with Gasteiger partial charge in [-0.3, -0.25) is 4.90 Å². The molecule has 34 heavy (non-hydrogen) atoms. The first kappa shape index (κ1) is 25.9. The van der Waals surface area contributed by atoms with Crippen molar-refractivity contribution in [1.82, 2.24) is 9.80 Å². The maximum absolute atomic E-state index is 12.7. The predicted octanol–water partition coefficient (Wildman–Crippen LogP) is 3.80. The molecular weight excluding hydrogens is 472 g/mol. The molecule has 13 heteroatoms. The Morgan fingerprint density at radius 1 is 1.06 bits per heavy atom. The Morgan fingerprint density at radius 3 is 2.24 bits per heavy atom. The van der Waals surface area contributed by atoms with E-state index in [1.54, 1.807) is 0 Å². The molecule has 190 valence electrons. The number of rotatable bonds is 5. The van der Waals surface area contributed by atoms with Gasteiger partial charge in [-0.05, 0) is 37.0 Å². The summed E-state index contributed by atoms with van der Waals surface area (Å²) in [5.41, 5.74) is 2.58. The molecule has 1 atom stereocenters. The first-order valence-electron chi connectivity index (χ1n) is 10.7. The highest BCUT2D eigenvalue weighted by molar-refractivity contribution is 5.79. The number of hydrogen-bond acceptors (Lipinski definition) is 5. The zero-order valence-electron chi connectivity index (χ0n) is 18.3. The van der Waals surface area contributed by atoms with Crippen LogP contribution in [0.15, 0.2) is 18.2 Å². The van der Waals surface area contributed by atoms with Gasteiger partial charge in [0, 0.05) is 45.0 Å². The van der Waals surface area contributed by atoms with Crippen molar-refractivity contribution >= 4 is 17.7 Å². The van der Waals surface area contributed by atoms with Crippen molar-refractivity contribution in [3.05, 3.63) is 29.3 Å². The number of carbonyl (C=O) groups is 2. The molecule has 1 aromatic rings. The SMILES string of the molecule is Cc1ccc(CN2CCN(C(=O)OC(C(F)(F)F)C(F)(F)F)CC2)c(N2CCCC2C(=O)O)c1. The van der Waals surface area contributed by atoms with E-state index in [9.17, 15) is 41.0 Å². The zero-order valence-corrected chi connectivity index (χ0v) is 18.3. The highest BCUT2D eigenvalue weighted by atomic mass is 19.4. The molecule has 0 bridgehead atoms. The summed E-state index contributed by atoms with van der Waals surface area (Å²) in [5.74, 6) is -0.909. The number of carboxylic acid groups (broad SMARTS) is 1.